The molecule has 2 nitrogen and oxygen atoms in total. The Morgan fingerprint density at radius 2 is 1.87 bits per heavy atom. The van der Waals surface area contributed by atoms with Gasteiger partial charge in [-0.3, -0.25) is 0 Å². The van der Waals surface area contributed by atoms with E-state index >= 15 is 0 Å². The Morgan fingerprint density at radius 1 is 1.20 bits per heavy atom. The number of aliphatic hydroxyl groups is 1. The van der Waals surface area contributed by atoms with Gasteiger partial charge < -0.3 is 10.4 Å². The summed E-state index contributed by atoms with van der Waals surface area (Å²) in [6, 6.07) is 0.473. The highest BCUT2D eigenvalue weighted by Gasteiger charge is 2.11. The van der Waals surface area contributed by atoms with Gasteiger partial charge in [-0.05, 0) is 32.2 Å². The van der Waals surface area contributed by atoms with E-state index in [0.717, 1.165) is 18.9 Å². The molecule has 0 radical (unpaired) electrons. The number of hydrogen-bond donors (Lipinski definition) is 2. The van der Waals surface area contributed by atoms with Crippen molar-refractivity contribution in [3.63, 3.8) is 0 Å². The Labute approximate surface area is 94.5 Å². The molecule has 0 unspecified atom stereocenters. The van der Waals surface area contributed by atoms with Gasteiger partial charge in [0.2, 0.25) is 0 Å². The quantitative estimate of drug-likeness (QED) is 0.665. The van der Waals surface area contributed by atoms with E-state index in [4.69, 9.17) is 5.11 Å². The van der Waals surface area contributed by atoms with E-state index in [1.165, 1.54) is 44.9 Å². The van der Waals surface area contributed by atoms with Crippen molar-refractivity contribution in [2.24, 2.45) is 5.92 Å². The molecule has 0 bridgehead atoms. The van der Waals surface area contributed by atoms with Crippen molar-refractivity contribution in [1.82, 2.24) is 5.32 Å². The average molecular weight is 213 g/mol. The van der Waals surface area contributed by atoms with Crippen LogP contribution in [-0.4, -0.2) is 24.3 Å². The summed E-state index contributed by atoms with van der Waals surface area (Å²) >= 11 is 0. The first-order valence-corrected chi connectivity index (χ1v) is 6.67. The van der Waals surface area contributed by atoms with E-state index in [0.29, 0.717) is 12.6 Å². The molecule has 1 atom stereocenters. The Morgan fingerprint density at radius 3 is 2.47 bits per heavy atom. The maximum Gasteiger partial charge on any atom is 0.0445 e. The summed E-state index contributed by atoms with van der Waals surface area (Å²) < 4.78 is 0. The third-order valence-electron chi connectivity index (χ3n) is 3.58. The smallest absolute Gasteiger partial charge is 0.0445 e. The summed E-state index contributed by atoms with van der Waals surface area (Å²) in [6.45, 7) is 3.59. The van der Waals surface area contributed by atoms with Crippen LogP contribution in [0.5, 0.6) is 0 Å². The van der Waals surface area contributed by atoms with Crippen molar-refractivity contribution < 1.29 is 5.11 Å². The Kier molecular flexibility index (Phi) is 7.03. The highest BCUT2D eigenvalue weighted by atomic mass is 16.3. The molecule has 15 heavy (non-hydrogen) atoms. The summed E-state index contributed by atoms with van der Waals surface area (Å²) in [5.74, 6) is 0.960. The van der Waals surface area contributed by atoms with Gasteiger partial charge in [0.1, 0.15) is 0 Å². The first-order chi connectivity index (χ1) is 7.33. The van der Waals surface area contributed by atoms with Crippen LogP contribution >= 0.6 is 0 Å². The molecule has 0 saturated heterocycles. The maximum atomic E-state index is 8.78. The predicted molar refractivity (Wildman–Crippen MR) is 65.0 cm³/mol. The molecule has 0 aromatic heterocycles. The normalized spacial score (nSPS) is 21.2. The van der Waals surface area contributed by atoms with Crippen molar-refractivity contribution in [2.75, 3.05) is 13.2 Å². The Balaban J connectivity index is 2.02. The van der Waals surface area contributed by atoms with Gasteiger partial charge in [-0.25, -0.2) is 0 Å². The monoisotopic (exact) mass is 213 g/mol. The lowest BCUT2D eigenvalue weighted by Gasteiger charge is -2.17. The maximum absolute atomic E-state index is 8.78. The first kappa shape index (κ1) is 13.0. The second-order valence-electron chi connectivity index (χ2n) is 5.01. The minimum absolute atomic E-state index is 0.303. The lowest BCUT2D eigenvalue weighted by Crippen LogP contribution is -2.29. The van der Waals surface area contributed by atoms with Crippen LogP contribution in [0.3, 0.4) is 0 Å². The molecule has 0 aliphatic heterocycles. The molecule has 90 valence electrons. The van der Waals surface area contributed by atoms with Crippen molar-refractivity contribution in [1.29, 1.82) is 0 Å². The van der Waals surface area contributed by atoms with Crippen molar-refractivity contribution in [3.05, 3.63) is 0 Å². The van der Waals surface area contributed by atoms with Gasteiger partial charge in [0.25, 0.3) is 0 Å². The fourth-order valence-electron chi connectivity index (χ4n) is 2.48. The second-order valence-corrected chi connectivity index (χ2v) is 5.01. The lowest BCUT2D eigenvalue weighted by molar-refractivity contribution is 0.267. The number of nitrogens with one attached hydrogen (secondary N) is 1. The standard InChI is InChI=1S/C13H27NO/c1-12(9-11-15)14-10-8-13-6-4-2-3-5-7-13/h12-15H,2-11H2,1H3/t12-/m1/s1. The molecule has 0 aromatic carbocycles. The molecule has 0 aromatic rings. The zero-order valence-corrected chi connectivity index (χ0v) is 10.2. The Bertz CT molecular complexity index is 141. The van der Waals surface area contributed by atoms with Crippen LogP contribution < -0.4 is 5.32 Å². The van der Waals surface area contributed by atoms with Gasteiger partial charge in [0.05, 0.1) is 0 Å². The molecular formula is C13H27NO. The minimum Gasteiger partial charge on any atom is -0.396 e. The summed E-state index contributed by atoms with van der Waals surface area (Å²) in [4.78, 5) is 0. The minimum atomic E-state index is 0.303. The van der Waals surface area contributed by atoms with E-state index in [9.17, 15) is 0 Å². The van der Waals surface area contributed by atoms with E-state index in [1.54, 1.807) is 0 Å². The van der Waals surface area contributed by atoms with Crippen LogP contribution in [0.25, 0.3) is 0 Å². The van der Waals surface area contributed by atoms with E-state index < -0.39 is 0 Å². The zero-order chi connectivity index (χ0) is 10.9. The van der Waals surface area contributed by atoms with Crippen LogP contribution in [0.15, 0.2) is 0 Å². The van der Waals surface area contributed by atoms with Gasteiger partial charge >= 0.3 is 0 Å². The third-order valence-corrected chi connectivity index (χ3v) is 3.58. The molecule has 1 rings (SSSR count). The van der Waals surface area contributed by atoms with Crippen LogP contribution in [-0.2, 0) is 0 Å². The molecule has 1 fully saturated rings. The molecule has 1 aliphatic carbocycles. The van der Waals surface area contributed by atoms with E-state index in [-0.39, 0.29) is 0 Å². The van der Waals surface area contributed by atoms with E-state index in [2.05, 4.69) is 12.2 Å². The SMILES string of the molecule is C[C@H](CCO)NCCC1CCCCCC1. The summed E-state index contributed by atoms with van der Waals surface area (Å²) in [5, 5.41) is 12.3. The molecule has 0 heterocycles. The predicted octanol–water partition coefficient (Wildman–Crippen LogP) is 2.71. The number of rotatable bonds is 6. The lowest BCUT2D eigenvalue weighted by atomic mass is 9.96. The summed E-state index contributed by atoms with van der Waals surface area (Å²) in [6.07, 6.45) is 10.9. The van der Waals surface area contributed by atoms with Gasteiger partial charge in [-0.15, -0.1) is 0 Å². The summed E-state index contributed by atoms with van der Waals surface area (Å²) in [7, 11) is 0. The number of aliphatic hydroxyl groups excluding tert-OH is 1. The largest absolute Gasteiger partial charge is 0.396 e. The number of hydrogen-bond acceptors (Lipinski definition) is 2. The topological polar surface area (TPSA) is 32.3 Å². The average Bonchev–Trinajstić information content (AvgIpc) is 2.47. The van der Waals surface area contributed by atoms with Gasteiger partial charge in [-0.2, -0.15) is 0 Å². The van der Waals surface area contributed by atoms with E-state index in [1.807, 2.05) is 0 Å². The molecule has 0 spiro atoms. The van der Waals surface area contributed by atoms with Crippen LogP contribution in [0.2, 0.25) is 0 Å². The van der Waals surface area contributed by atoms with Crippen LogP contribution in [0.4, 0.5) is 0 Å². The first-order valence-electron chi connectivity index (χ1n) is 6.67. The fourth-order valence-corrected chi connectivity index (χ4v) is 2.48. The third kappa shape index (κ3) is 6.16. The van der Waals surface area contributed by atoms with Crippen molar-refractivity contribution in [2.45, 2.75) is 64.3 Å². The molecule has 2 N–H and O–H groups in total. The Hall–Kier alpha value is -0.0800. The molecular weight excluding hydrogens is 186 g/mol. The molecule has 2 heteroatoms. The van der Waals surface area contributed by atoms with Gasteiger partial charge in [0, 0.05) is 12.6 Å². The van der Waals surface area contributed by atoms with Crippen LogP contribution in [0, 0.1) is 5.92 Å². The summed E-state index contributed by atoms with van der Waals surface area (Å²) in [5.41, 5.74) is 0. The van der Waals surface area contributed by atoms with Crippen molar-refractivity contribution >= 4 is 0 Å². The second kappa shape index (κ2) is 8.12. The molecule has 1 saturated carbocycles. The molecule has 0 amide bonds. The molecule has 1 aliphatic rings. The van der Waals surface area contributed by atoms with Gasteiger partial charge in [0.15, 0.2) is 0 Å². The van der Waals surface area contributed by atoms with Crippen LogP contribution in [0.1, 0.15) is 58.3 Å². The highest BCUT2D eigenvalue weighted by Crippen LogP contribution is 2.24. The van der Waals surface area contributed by atoms with Crippen molar-refractivity contribution in [3.8, 4) is 0 Å². The van der Waals surface area contributed by atoms with Gasteiger partial charge in [-0.1, -0.05) is 38.5 Å². The zero-order valence-electron chi connectivity index (χ0n) is 10.2. The highest BCUT2D eigenvalue weighted by molar-refractivity contribution is 4.67. The fraction of sp³-hybridized carbons (Fsp3) is 1.00.